The van der Waals surface area contributed by atoms with E-state index in [9.17, 15) is 39.6 Å². The van der Waals surface area contributed by atoms with Gasteiger partial charge in [-0.25, -0.2) is 9.18 Å². The molecule has 2 amide bonds. The third-order valence-electron chi connectivity index (χ3n) is 15.7. The molecular weight excluding hydrogens is 1040 g/mol. The Balaban J connectivity index is 1.33. The largest absolute Gasteiger partial charge is 0.459 e. The third-order valence-corrected chi connectivity index (χ3v) is 15.7. The quantitative estimate of drug-likeness (QED) is 0.0133. The van der Waals surface area contributed by atoms with Crippen molar-refractivity contribution in [2.24, 2.45) is 22.9 Å². The van der Waals surface area contributed by atoms with E-state index in [2.05, 4.69) is 24.9 Å². The summed E-state index contributed by atoms with van der Waals surface area (Å²) >= 11 is 0. The van der Waals surface area contributed by atoms with Crippen LogP contribution in [0.25, 0.3) is 6.08 Å². The molecule has 0 spiro atoms. The van der Waals surface area contributed by atoms with Crippen molar-refractivity contribution in [1.82, 2.24) is 10.2 Å². The standard InChI is InChI=1S/C63H78FN5O12/c1-3-5-6-7-8-9-10-11-12-15-36-65-62(73)80-52-33-34-57-55(41-52)60-53(19-14-17-38-71)48(18-13-16-37-70)40-54-56(66-79-44-47-24-31-51(32-25-47)69(76)77)42-58(63(81-57,61(54)60)78-39-4-2)67(43-46-20-27-49(64)28-21-46)59(72)35-26-45-22-29-50(30-23-45)68(74)75/h4,20-35,40-41,48,53,58,60-61,70-71H,2-3,5-19,36-39,42-44H2,1H3,(H,65,73)/t48-,53+,58-,60+,61+,63+/m0/s1. The number of aliphatic hydroxyl groups excluding tert-OH is 2. The van der Waals surface area contributed by atoms with Crippen LogP contribution in [0.3, 0.4) is 0 Å². The van der Waals surface area contributed by atoms with Crippen molar-refractivity contribution in [3.8, 4) is 11.5 Å². The van der Waals surface area contributed by atoms with E-state index in [1.54, 1.807) is 53.5 Å². The Morgan fingerprint density at radius 1 is 0.827 bits per heavy atom. The fourth-order valence-corrected chi connectivity index (χ4v) is 11.7. The molecule has 81 heavy (non-hydrogen) atoms. The first-order valence-electron chi connectivity index (χ1n) is 28.8. The molecule has 0 bridgehead atoms. The van der Waals surface area contributed by atoms with Crippen LogP contribution in [0.2, 0.25) is 0 Å². The maximum absolute atomic E-state index is 15.3. The molecule has 3 aliphatic rings. The van der Waals surface area contributed by atoms with Crippen LogP contribution in [0.4, 0.5) is 20.6 Å². The van der Waals surface area contributed by atoms with E-state index in [4.69, 9.17) is 24.2 Å². The summed E-state index contributed by atoms with van der Waals surface area (Å²) in [6.07, 6.45) is 21.5. The van der Waals surface area contributed by atoms with Gasteiger partial charge in [0.2, 0.25) is 11.7 Å². The number of rotatable bonds is 33. The Morgan fingerprint density at radius 2 is 1.46 bits per heavy atom. The van der Waals surface area contributed by atoms with Crippen molar-refractivity contribution in [3.63, 3.8) is 0 Å². The molecule has 4 aromatic carbocycles. The van der Waals surface area contributed by atoms with Crippen molar-refractivity contribution in [1.29, 1.82) is 0 Å². The predicted molar refractivity (Wildman–Crippen MR) is 308 cm³/mol. The number of unbranched alkanes of at least 4 members (excludes halogenated alkanes) is 11. The van der Waals surface area contributed by atoms with E-state index in [1.807, 2.05) is 6.07 Å². The number of amides is 2. The first-order valence-corrected chi connectivity index (χ1v) is 28.8. The van der Waals surface area contributed by atoms with Gasteiger partial charge >= 0.3 is 6.09 Å². The van der Waals surface area contributed by atoms with Gasteiger partial charge in [0.05, 0.1) is 28.1 Å². The summed E-state index contributed by atoms with van der Waals surface area (Å²) in [4.78, 5) is 58.7. The number of non-ortho nitro benzene ring substituents is 2. The van der Waals surface area contributed by atoms with Crippen LogP contribution in [-0.2, 0) is 27.5 Å². The number of nitro groups is 2. The highest BCUT2D eigenvalue weighted by Crippen LogP contribution is 2.62. The topological polar surface area (TPSA) is 225 Å². The minimum atomic E-state index is -1.70. The molecule has 6 atom stereocenters. The molecule has 3 N–H and O–H groups in total. The van der Waals surface area contributed by atoms with Crippen molar-refractivity contribution in [2.75, 3.05) is 26.4 Å². The lowest BCUT2D eigenvalue weighted by Crippen LogP contribution is -2.70. The Bertz CT molecular complexity index is 2810. The number of carbonyl (C=O) groups is 2. The number of benzene rings is 4. The average molecular weight is 1120 g/mol. The zero-order valence-corrected chi connectivity index (χ0v) is 46.5. The van der Waals surface area contributed by atoms with E-state index < -0.39 is 51.3 Å². The molecule has 17 nitrogen and oxygen atoms in total. The molecule has 2 aliphatic carbocycles. The first kappa shape index (κ1) is 61.3. The van der Waals surface area contributed by atoms with Gasteiger partial charge in [0, 0.05) is 74.5 Å². The SMILES string of the molecule is C=CCO[C@@]12Oc3ccc(OC(=O)NCCCCCCCCCCCC)cc3[C@H]3[C@H](CCCCO)[C@@H](CCCCO)C=C(C(=NOCc4ccc([N+](=O)[O-])cc4)C[C@@H]1N(Cc1ccc(F)cc1)C(=O)C=Cc1ccc([N+](=O)[O-])cc1)[C@H]32. The van der Waals surface area contributed by atoms with Gasteiger partial charge in [-0.15, -0.1) is 6.58 Å². The molecule has 7 rings (SSSR count). The van der Waals surface area contributed by atoms with Gasteiger partial charge in [0.15, 0.2) is 0 Å². The summed E-state index contributed by atoms with van der Waals surface area (Å²) in [6.45, 7) is 6.53. The fourth-order valence-electron chi connectivity index (χ4n) is 11.7. The molecule has 434 valence electrons. The van der Waals surface area contributed by atoms with Crippen LogP contribution in [0.1, 0.15) is 144 Å². The zero-order chi connectivity index (χ0) is 57.6. The second kappa shape index (κ2) is 31.1. The number of hydrogen-bond donors (Lipinski definition) is 3. The minimum absolute atomic E-state index is 0.000943. The molecule has 1 saturated carbocycles. The molecular formula is C63H78FN5O12. The summed E-state index contributed by atoms with van der Waals surface area (Å²) in [5, 5.41) is 51.0. The lowest BCUT2D eigenvalue weighted by atomic mass is 9.55. The van der Waals surface area contributed by atoms with Crippen LogP contribution < -0.4 is 14.8 Å². The highest BCUT2D eigenvalue weighted by Gasteiger charge is 2.65. The van der Waals surface area contributed by atoms with Gasteiger partial charge in [-0.3, -0.25) is 25.0 Å². The number of nitro benzene ring substituents is 2. The molecule has 0 saturated heterocycles. The molecule has 0 aromatic heterocycles. The molecule has 1 fully saturated rings. The smallest absolute Gasteiger partial charge is 0.412 e. The molecule has 1 heterocycles. The van der Waals surface area contributed by atoms with Gasteiger partial charge < -0.3 is 39.5 Å². The van der Waals surface area contributed by atoms with Crippen molar-refractivity contribution < 1.29 is 53.1 Å². The van der Waals surface area contributed by atoms with Gasteiger partial charge in [-0.1, -0.05) is 107 Å². The van der Waals surface area contributed by atoms with Gasteiger partial charge in [0.1, 0.15) is 30.0 Å². The van der Waals surface area contributed by atoms with Gasteiger partial charge in [-0.05, 0) is 127 Å². The molecule has 18 heteroatoms. The summed E-state index contributed by atoms with van der Waals surface area (Å²) in [5.74, 6) is -3.47. The van der Waals surface area contributed by atoms with Crippen molar-refractivity contribution in [3.05, 3.63) is 170 Å². The van der Waals surface area contributed by atoms with Gasteiger partial charge in [0.25, 0.3) is 11.4 Å². The second-order valence-electron chi connectivity index (χ2n) is 21.2. The Morgan fingerprint density at radius 3 is 2.10 bits per heavy atom. The summed E-state index contributed by atoms with van der Waals surface area (Å²) < 4.78 is 35.1. The predicted octanol–water partition coefficient (Wildman–Crippen LogP) is 13.2. The fraction of sp³-hybridized carbons (Fsp3) is 0.476. The molecule has 1 aliphatic heterocycles. The van der Waals surface area contributed by atoms with Crippen LogP contribution in [-0.4, -0.2) is 80.9 Å². The van der Waals surface area contributed by atoms with Crippen LogP contribution in [0.5, 0.6) is 11.5 Å². The monoisotopic (exact) mass is 1120 g/mol. The maximum Gasteiger partial charge on any atom is 0.412 e. The zero-order valence-electron chi connectivity index (χ0n) is 46.5. The molecule has 0 unspecified atom stereocenters. The van der Waals surface area contributed by atoms with E-state index >= 15 is 4.79 Å². The summed E-state index contributed by atoms with van der Waals surface area (Å²) in [5.41, 5.74) is 3.44. The third kappa shape index (κ3) is 16.7. The molecule has 4 aromatic rings. The van der Waals surface area contributed by atoms with E-state index in [1.165, 1.54) is 99.6 Å². The Hall–Kier alpha value is -7.28. The second-order valence-corrected chi connectivity index (χ2v) is 21.2. The van der Waals surface area contributed by atoms with Gasteiger partial charge in [-0.2, -0.15) is 0 Å². The summed E-state index contributed by atoms with van der Waals surface area (Å²) in [6, 6.07) is 21.8. The number of aliphatic hydroxyl groups is 2. The normalized spacial score (nSPS) is 20.4. The molecule has 0 radical (unpaired) electrons. The van der Waals surface area contributed by atoms with E-state index in [0.29, 0.717) is 73.2 Å². The Kier molecular flexibility index (Phi) is 23.5. The van der Waals surface area contributed by atoms with Crippen LogP contribution in [0, 0.1) is 43.8 Å². The van der Waals surface area contributed by atoms with E-state index in [-0.39, 0.29) is 68.4 Å². The lowest BCUT2D eigenvalue weighted by molar-refractivity contribution is -0.385. The number of hydrogen-bond acceptors (Lipinski definition) is 13. The number of oxime groups is 1. The van der Waals surface area contributed by atoms with E-state index in [0.717, 1.165) is 30.4 Å². The summed E-state index contributed by atoms with van der Waals surface area (Å²) in [7, 11) is 0. The van der Waals surface area contributed by atoms with Crippen molar-refractivity contribution in [2.45, 2.75) is 147 Å². The van der Waals surface area contributed by atoms with Crippen LogP contribution in [0.15, 0.2) is 127 Å². The highest BCUT2D eigenvalue weighted by molar-refractivity contribution is 6.03. The number of fused-ring (bicyclic) bond motifs is 2. The first-order chi connectivity index (χ1) is 39.4. The van der Waals surface area contributed by atoms with Crippen molar-refractivity contribution >= 4 is 35.2 Å². The Labute approximate surface area is 474 Å². The number of nitrogens with one attached hydrogen (secondary N) is 1. The number of allylic oxidation sites excluding steroid dienone is 1. The van der Waals surface area contributed by atoms with Crippen LogP contribution >= 0.6 is 0 Å². The number of nitrogens with zero attached hydrogens (tertiary/aromatic N) is 4. The number of halogens is 1. The lowest BCUT2D eigenvalue weighted by Gasteiger charge is -2.60. The maximum atomic E-state index is 15.3. The number of carbonyl (C=O) groups excluding carboxylic acids is 2. The average Bonchev–Trinajstić information content (AvgIpc) is 3.60. The minimum Gasteiger partial charge on any atom is -0.459 e. The highest BCUT2D eigenvalue weighted by atomic mass is 19.1. The number of ether oxygens (including phenoxy) is 3.